The van der Waals surface area contributed by atoms with Crippen LogP contribution in [-0.4, -0.2) is 9.97 Å². The first-order valence-corrected chi connectivity index (χ1v) is 7.73. The van der Waals surface area contributed by atoms with Crippen molar-refractivity contribution in [1.82, 2.24) is 9.97 Å². The minimum Gasteiger partial charge on any atom is -0.368 e. The zero-order valence-electron chi connectivity index (χ0n) is 10.5. The third kappa shape index (κ3) is 2.72. The Balaban J connectivity index is 1.92. The summed E-state index contributed by atoms with van der Waals surface area (Å²) >= 11 is 3.36. The highest BCUT2D eigenvalue weighted by atomic mass is 32.2. The molecule has 0 amide bonds. The van der Waals surface area contributed by atoms with Crippen molar-refractivity contribution in [3.05, 3.63) is 46.8 Å². The van der Waals surface area contributed by atoms with Gasteiger partial charge in [-0.2, -0.15) is 0 Å². The molecule has 0 radical (unpaired) electrons. The standard InChI is InChI=1S/C14H13N3S2/c1-9-7-11-12(16-14(15)17-13(11)19-9)18-8-10-5-3-2-4-6-10/h2-7H,8H2,1H3,(H2,15,16,17). The van der Waals surface area contributed by atoms with E-state index in [1.54, 1.807) is 23.1 Å². The minimum atomic E-state index is 0.352. The van der Waals surface area contributed by atoms with Crippen LogP contribution >= 0.6 is 23.1 Å². The van der Waals surface area contributed by atoms with Gasteiger partial charge in [0.25, 0.3) is 0 Å². The van der Waals surface area contributed by atoms with Gasteiger partial charge >= 0.3 is 0 Å². The first kappa shape index (κ1) is 12.4. The maximum atomic E-state index is 5.77. The van der Waals surface area contributed by atoms with Gasteiger partial charge < -0.3 is 5.73 Å². The maximum absolute atomic E-state index is 5.77. The number of aryl methyl sites for hydroxylation is 1. The summed E-state index contributed by atoms with van der Waals surface area (Å²) in [6.45, 7) is 2.08. The molecule has 2 heterocycles. The number of benzene rings is 1. The summed E-state index contributed by atoms with van der Waals surface area (Å²) in [6, 6.07) is 12.5. The van der Waals surface area contributed by atoms with Crippen molar-refractivity contribution in [3.8, 4) is 0 Å². The second-order valence-electron chi connectivity index (χ2n) is 4.24. The quantitative estimate of drug-likeness (QED) is 0.587. The van der Waals surface area contributed by atoms with Crippen molar-refractivity contribution < 1.29 is 0 Å². The lowest BCUT2D eigenvalue weighted by molar-refractivity contribution is 1.12. The molecule has 0 atom stereocenters. The molecule has 3 aromatic rings. The summed E-state index contributed by atoms with van der Waals surface area (Å²) in [5, 5.41) is 2.08. The Hall–Kier alpha value is -1.59. The van der Waals surface area contributed by atoms with Crippen molar-refractivity contribution in [2.75, 3.05) is 5.73 Å². The van der Waals surface area contributed by atoms with Crippen molar-refractivity contribution >= 4 is 39.3 Å². The number of thioether (sulfide) groups is 1. The molecular weight excluding hydrogens is 274 g/mol. The summed E-state index contributed by atoms with van der Waals surface area (Å²) < 4.78 is 0. The topological polar surface area (TPSA) is 51.8 Å². The average molecular weight is 287 g/mol. The Labute approximate surface area is 119 Å². The lowest BCUT2D eigenvalue weighted by Gasteiger charge is -2.03. The summed E-state index contributed by atoms with van der Waals surface area (Å²) in [6.07, 6.45) is 0. The predicted molar refractivity (Wildman–Crippen MR) is 82.6 cm³/mol. The second kappa shape index (κ2) is 5.19. The van der Waals surface area contributed by atoms with E-state index in [4.69, 9.17) is 5.73 Å². The number of nitrogens with zero attached hydrogens (tertiary/aromatic N) is 2. The molecule has 0 saturated heterocycles. The van der Waals surface area contributed by atoms with Crippen LogP contribution in [0.3, 0.4) is 0 Å². The predicted octanol–water partition coefficient (Wildman–Crippen LogP) is 3.87. The smallest absolute Gasteiger partial charge is 0.222 e. The number of nitrogen functional groups attached to an aromatic ring is 1. The number of rotatable bonds is 3. The van der Waals surface area contributed by atoms with Gasteiger partial charge in [-0.25, -0.2) is 9.97 Å². The Bertz CT molecular complexity index is 707. The van der Waals surface area contributed by atoms with Crippen LogP contribution < -0.4 is 5.73 Å². The molecule has 0 unspecified atom stereocenters. The summed E-state index contributed by atoms with van der Waals surface area (Å²) in [4.78, 5) is 10.9. The minimum absolute atomic E-state index is 0.352. The molecule has 0 aliphatic rings. The fourth-order valence-electron chi connectivity index (χ4n) is 1.87. The molecule has 0 spiro atoms. The largest absolute Gasteiger partial charge is 0.368 e. The van der Waals surface area contributed by atoms with Crippen molar-refractivity contribution in [3.63, 3.8) is 0 Å². The summed E-state index contributed by atoms with van der Waals surface area (Å²) in [5.41, 5.74) is 7.06. The highest BCUT2D eigenvalue weighted by Gasteiger charge is 2.09. The van der Waals surface area contributed by atoms with Crippen LogP contribution in [0.4, 0.5) is 5.95 Å². The van der Waals surface area contributed by atoms with Crippen LogP contribution in [0.25, 0.3) is 10.2 Å². The number of anilines is 1. The van der Waals surface area contributed by atoms with E-state index >= 15 is 0 Å². The normalized spacial score (nSPS) is 11.0. The Morgan fingerprint density at radius 1 is 1.21 bits per heavy atom. The molecule has 96 valence electrons. The van der Waals surface area contributed by atoms with Crippen LogP contribution in [0.2, 0.25) is 0 Å². The third-order valence-electron chi connectivity index (χ3n) is 2.72. The Morgan fingerprint density at radius 3 is 2.79 bits per heavy atom. The lowest BCUT2D eigenvalue weighted by Crippen LogP contribution is -1.95. The number of thiophene rings is 1. The monoisotopic (exact) mass is 287 g/mol. The van der Waals surface area contributed by atoms with E-state index in [0.717, 1.165) is 21.0 Å². The molecule has 0 aliphatic carbocycles. The Kier molecular flexibility index (Phi) is 3.40. The highest BCUT2D eigenvalue weighted by Crippen LogP contribution is 2.33. The van der Waals surface area contributed by atoms with Crippen molar-refractivity contribution in [2.24, 2.45) is 0 Å². The third-order valence-corrected chi connectivity index (χ3v) is 4.72. The first-order valence-electron chi connectivity index (χ1n) is 5.93. The molecule has 0 fully saturated rings. The van der Waals surface area contributed by atoms with Crippen LogP contribution in [-0.2, 0) is 5.75 Å². The van der Waals surface area contributed by atoms with Crippen molar-refractivity contribution in [2.45, 2.75) is 17.7 Å². The highest BCUT2D eigenvalue weighted by molar-refractivity contribution is 7.98. The molecule has 2 N–H and O–H groups in total. The van der Waals surface area contributed by atoms with Gasteiger partial charge in [0, 0.05) is 16.0 Å². The zero-order chi connectivity index (χ0) is 13.2. The van der Waals surface area contributed by atoms with Gasteiger partial charge in [0.2, 0.25) is 5.95 Å². The van der Waals surface area contributed by atoms with Crippen LogP contribution in [0.1, 0.15) is 10.4 Å². The number of hydrogen-bond acceptors (Lipinski definition) is 5. The number of fused-ring (bicyclic) bond motifs is 1. The molecule has 3 rings (SSSR count). The lowest BCUT2D eigenvalue weighted by atomic mass is 10.2. The van der Waals surface area contributed by atoms with E-state index in [1.807, 2.05) is 6.07 Å². The van der Waals surface area contributed by atoms with Gasteiger partial charge in [0.1, 0.15) is 9.86 Å². The average Bonchev–Trinajstić information content (AvgIpc) is 2.77. The van der Waals surface area contributed by atoms with Gasteiger partial charge in [-0.1, -0.05) is 30.3 Å². The molecule has 0 saturated carbocycles. The van der Waals surface area contributed by atoms with Gasteiger partial charge in [-0.05, 0) is 18.6 Å². The molecule has 2 aromatic heterocycles. The van der Waals surface area contributed by atoms with E-state index in [1.165, 1.54) is 10.4 Å². The number of hydrogen-bond donors (Lipinski definition) is 1. The van der Waals surface area contributed by atoms with Crippen LogP contribution in [0.5, 0.6) is 0 Å². The summed E-state index contributed by atoms with van der Waals surface area (Å²) in [7, 11) is 0. The number of nitrogens with two attached hydrogens (primary N) is 1. The molecule has 1 aromatic carbocycles. The van der Waals surface area contributed by atoms with E-state index in [9.17, 15) is 0 Å². The van der Waals surface area contributed by atoms with Gasteiger partial charge in [0.15, 0.2) is 0 Å². The summed E-state index contributed by atoms with van der Waals surface area (Å²) in [5.74, 6) is 1.24. The molecule has 0 aliphatic heterocycles. The van der Waals surface area contributed by atoms with Crippen molar-refractivity contribution in [1.29, 1.82) is 0 Å². The van der Waals surface area contributed by atoms with Gasteiger partial charge in [-0.15, -0.1) is 23.1 Å². The number of aromatic nitrogens is 2. The molecular formula is C14H13N3S2. The SMILES string of the molecule is Cc1cc2c(SCc3ccccc3)nc(N)nc2s1. The van der Waals surface area contributed by atoms with Crippen LogP contribution in [0.15, 0.2) is 41.4 Å². The van der Waals surface area contributed by atoms with Crippen LogP contribution in [0, 0.1) is 6.92 Å². The molecule has 19 heavy (non-hydrogen) atoms. The van der Waals surface area contributed by atoms with E-state index in [2.05, 4.69) is 47.2 Å². The van der Waals surface area contributed by atoms with E-state index in [0.29, 0.717) is 5.95 Å². The maximum Gasteiger partial charge on any atom is 0.222 e. The fourth-order valence-corrected chi connectivity index (χ4v) is 3.78. The first-order chi connectivity index (χ1) is 9.22. The molecule has 5 heteroatoms. The zero-order valence-corrected chi connectivity index (χ0v) is 12.1. The molecule has 0 bridgehead atoms. The second-order valence-corrected chi connectivity index (χ2v) is 6.44. The van der Waals surface area contributed by atoms with E-state index in [-0.39, 0.29) is 0 Å². The Morgan fingerprint density at radius 2 is 2.00 bits per heavy atom. The van der Waals surface area contributed by atoms with Gasteiger partial charge in [-0.3, -0.25) is 0 Å². The fraction of sp³-hybridized carbons (Fsp3) is 0.143. The van der Waals surface area contributed by atoms with Gasteiger partial charge in [0.05, 0.1) is 0 Å². The van der Waals surface area contributed by atoms with E-state index < -0.39 is 0 Å². The molecule has 3 nitrogen and oxygen atoms in total.